The van der Waals surface area contributed by atoms with Gasteiger partial charge in [0, 0.05) is 6.54 Å². The number of aromatic amines is 1. The minimum Gasteiger partial charge on any atom is -0.380 e. The lowest BCUT2D eigenvalue weighted by molar-refractivity contribution is 0.600. The molecule has 7 nitrogen and oxygen atoms in total. The summed E-state index contributed by atoms with van der Waals surface area (Å²) >= 11 is 0. The van der Waals surface area contributed by atoms with Crippen molar-refractivity contribution in [2.24, 2.45) is 0 Å². The highest BCUT2D eigenvalue weighted by Gasteiger charge is 2.22. The van der Waals surface area contributed by atoms with Gasteiger partial charge in [0.2, 0.25) is 0 Å². The van der Waals surface area contributed by atoms with Gasteiger partial charge in [-0.3, -0.25) is 9.82 Å². The van der Waals surface area contributed by atoms with Crippen LogP contribution in [0.5, 0.6) is 0 Å². The average molecular weight is 357 g/mol. The van der Waals surface area contributed by atoms with Crippen molar-refractivity contribution in [1.82, 2.24) is 15.2 Å². The predicted octanol–water partition coefficient (Wildman–Crippen LogP) is 2.83. The summed E-state index contributed by atoms with van der Waals surface area (Å²) < 4.78 is 27.4. The number of sulfonamides is 1. The lowest BCUT2D eigenvalue weighted by atomic mass is 10.2. The number of hydrogen-bond donors (Lipinski definition) is 3. The van der Waals surface area contributed by atoms with E-state index in [1.165, 1.54) is 0 Å². The molecule has 0 radical (unpaired) electrons. The summed E-state index contributed by atoms with van der Waals surface area (Å²) in [6, 6.07) is 13.4. The molecule has 0 aliphatic carbocycles. The number of aryl methyl sites for hydroxylation is 2. The Labute approximate surface area is 146 Å². The molecule has 0 saturated carbocycles. The lowest BCUT2D eigenvalue weighted by Gasteiger charge is -2.09. The molecule has 0 aliphatic rings. The maximum absolute atomic E-state index is 12.5. The first-order valence-electron chi connectivity index (χ1n) is 7.74. The van der Waals surface area contributed by atoms with Gasteiger partial charge in [-0.2, -0.15) is 5.10 Å². The number of pyridine rings is 1. The zero-order valence-electron chi connectivity index (χ0n) is 13.9. The normalized spacial score (nSPS) is 11.3. The van der Waals surface area contributed by atoms with Crippen molar-refractivity contribution >= 4 is 21.5 Å². The van der Waals surface area contributed by atoms with E-state index in [0.717, 1.165) is 11.3 Å². The van der Waals surface area contributed by atoms with Crippen molar-refractivity contribution in [1.29, 1.82) is 0 Å². The SMILES string of the molecule is Cc1n[nH]c(C)c1S(=O)(=O)Nc1ccc(NCc2ccccc2)cn1. The fourth-order valence-corrected chi connectivity index (χ4v) is 3.87. The summed E-state index contributed by atoms with van der Waals surface area (Å²) in [5.74, 6) is 0.255. The first-order valence-corrected chi connectivity index (χ1v) is 9.22. The van der Waals surface area contributed by atoms with Gasteiger partial charge in [-0.25, -0.2) is 13.4 Å². The van der Waals surface area contributed by atoms with Crippen molar-refractivity contribution in [2.45, 2.75) is 25.3 Å². The van der Waals surface area contributed by atoms with Crippen LogP contribution in [0.3, 0.4) is 0 Å². The summed E-state index contributed by atoms with van der Waals surface area (Å²) in [5.41, 5.74) is 2.87. The number of nitrogens with one attached hydrogen (secondary N) is 3. The van der Waals surface area contributed by atoms with Gasteiger partial charge in [0.1, 0.15) is 10.7 Å². The van der Waals surface area contributed by atoms with E-state index < -0.39 is 10.0 Å². The number of hydrogen-bond acceptors (Lipinski definition) is 5. The van der Waals surface area contributed by atoms with Crippen LogP contribution in [-0.2, 0) is 16.6 Å². The topological polar surface area (TPSA) is 99.8 Å². The van der Waals surface area contributed by atoms with Crippen LogP contribution in [0.15, 0.2) is 53.6 Å². The van der Waals surface area contributed by atoms with Crippen molar-refractivity contribution in [3.05, 3.63) is 65.6 Å². The maximum atomic E-state index is 12.5. The second-order valence-electron chi connectivity index (χ2n) is 5.64. The van der Waals surface area contributed by atoms with E-state index in [4.69, 9.17) is 0 Å². The second-order valence-corrected chi connectivity index (χ2v) is 7.26. The smallest absolute Gasteiger partial charge is 0.266 e. The molecule has 0 spiro atoms. The predicted molar refractivity (Wildman–Crippen MR) is 96.9 cm³/mol. The summed E-state index contributed by atoms with van der Waals surface area (Å²) in [5, 5.41) is 9.83. The molecular formula is C17H19N5O2S. The second kappa shape index (κ2) is 6.94. The van der Waals surface area contributed by atoms with Crippen molar-refractivity contribution < 1.29 is 8.42 Å². The molecule has 0 saturated heterocycles. The maximum Gasteiger partial charge on any atom is 0.266 e. The fourth-order valence-electron chi connectivity index (χ4n) is 2.48. The number of aromatic nitrogens is 3. The number of benzene rings is 1. The zero-order chi connectivity index (χ0) is 17.9. The Balaban J connectivity index is 1.68. The molecule has 25 heavy (non-hydrogen) atoms. The van der Waals surface area contributed by atoms with Crippen molar-refractivity contribution in [3.8, 4) is 0 Å². The standard InChI is InChI=1S/C17H19N5O2S/c1-12-17(13(2)21-20-12)25(23,24)22-16-9-8-15(11-19-16)18-10-14-6-4-3-5-7-14/h3-9,11,18H,10H2,1-2H3,(H,19,22)(H,20,21). The van der Waals surface area contributed by atoms with E-state index in [-0.39, 0.29) is 10.7 Å². The average Bonchev–Trinajstić information content (AvgIpc) is 2.94. The molecule has 0 amide bonds. The van der Waals surface area contributed by atoms with E-state index in [1.54, 1.807) is 32.2 Å². The summed E-state index contributed by atoms with van der Waals surface area (Å²) in [6.45, 7) is 3.97. The minimum absolute atomic E-state index is 0.153. The highest BCUT2D eigenvalue weighted by molar-refractivity contribution is 7.92. The van der Waals surface area contributed by atoms with Gasteiger partial charge in [0.05, 0.1) is 23.3 Å². The van der Waals surface area contributed by atoms with E-state index in [1.807, 2.05) is 30.3 Å². The molecule has 0 bridgehead atoms. The van der Waals surface area contributed by atoms with Gasteiger partial charge >= 0.3 is 0 Å². The van der Waals surface area contributed by atoms with Crippen LogP contribution in [0.2, 0.25) is 0 Å². The van der Waals surface area contributed by atoms with E-state index in [9.17, 15) is 8.42 Å². The monoisotopic (exact) mass is 357 g/mol. The van der Waals surface area contributed by atoms with Crippen molar-refractivity contribution in [3.63, 3.8) is 0 Å². The van der Waals surface area contributed by atoms with Crippen LogP contribution in [0.4, 0.5) is 11.5 Å². The van der Waals surface area contributed by atoms with Crippen LogP contribution >= 0.6 is 0 Å². The Bertz CT molecular complexity index is 931. The van der Waals surface area contributed by atoms with Crippen molar-refractivity contribution in [2.75, 3.05) is 10.0 Å². The number of rotatable bonds is 6. The molecule has 0 fully saturated rings. The molecule has 3 aromatic rings. The molecule has 3 N–H and O–H groups in total. The number of anilines is 2. The Morgan fingerprint density at radius 2 is 1.84 bits per heavy atom. The number of nitrogens with zero attached hydrogens (tertiary/aromatic N) is 2. The van der Waals surface area contributed by atoms with E-state index >= 15 is 0 Å². The quantitative estimate of drug-likeness (QED) is 0.630. The van der Waals surface area contributed by atoms with Crippen LogP contribution in [0.1, 0.15) is 17.0 Å². The third-order valence-electron chi connectivity index (χ3n) is 3.67. The Kier molecular flexibility index (Phi) is 4.71. The fraction of sp³-hybridized carbons (Fsp3) is 0.176. The molecule has 3 rings (SSSR count). The largest absolute Gasteiger partial charge is 0.380 e. The molecule has 0 atom stereocenters. The van der Waals surface area contributed by atoms with Gasteiger partial charge in [-0.1, -0.05) is 30.3 Å². The Morgan fingerprint density at radius 1 is 1.08 bits per heavy atom. The highest BCUT2D eigenvalue weighted by atomic mass is 32.2. The Morgan fingerprint density at radius 3 is 2.44 bits per heavy atom. The lowest BCUT2D eigenvalue weighted by Crippen LogP contribution is -2.15. The first kappa shape index (κ1) is 17.0. The highest BCUT2D eigenvalue weighted by Crippen LogP contribution is 2.20. The van der Waals surface area contributed by atoms with Gasteiger partial charge < -0.3 is 5.32 Å². The Hall–Kier alpha value is -2.87. The molecule has 0 aliphatic heterocycles. The zero-order valence-corrected chi connectivity index (χ0v) is 14.8. The van der Waals surface area contributed by atoms with Crippen LogP contribution in [0, 0.1) is 13.8 Å². The third-order valence-corrected chi connectivity index (χ3v) is 5.29. The van der Waals surface area contributed by atoms with Gasteiger partial charge in [-0.05, 0) is 31.5 Å². The summed E-state index contributed by atoms with van der Waals surface area (Å²) in [6.07, 6.45) is 1.59. The number of H-pyrrole nitrogens is 1. The van der Waals surface area contributed by atoms with E-state index in [2.05, 4.69) is 25.2 Å². The molecule has 130 valence electrons. The summed E-state index contributed by atoms with van der Waals surface area (Å²) in [4.78, 5) is 4.32. The molecular weight excluding hydrogens is 338 g/mol. The first-order chi connectivity index (χ1) is 12.0. The van der Waals surface area contributed by atoms with Crippen LogP contribution in [0.25, 0.3) is 0 Å². The van der Waals surface area contributed by atoms with Gasteiger partial charge in [-0.15, -0.1) is 0 Å². The molecule has 2 aromatic heterocycles. The summed E-state index contributed by atoms with van der Waals surface area (Å²) in [7, 11) is -3.73. The molecule has 0 unspecified atom stereocenters. The van der Waals surface area contributed by atoms with Crippen LogP contribution in [-0.4, -0.2) is 23.6 Å². The third kappa shape index (κ3) is 3.97. The molecule has 2 heterocycles. The minimum atomic E-state index is -3.73. The van der Waals surface area contributed by atoms with Gasteiger partial charge in [0.15, 0.2) is 0 Å². The van der Waals surface area contributed by atoms with Crippen LogP contribution < -0.4 is 10.0 Å². The van der Waals surface area contributed by atoms with E-state index in [0.29, 0.717) is 17.9 Å². The van der Waals surface area contributed by atoms with Gasteiger partial charge in [0.25, 0.3) is 10.0 Å². The molecule has 1 aromatic carbocycles. The molecule has 8 heteroatoms.